The smallest absolute Gasteiger partial charge is 0.307 e. The van der Waals surface area contributed by atoms with Crippen LogP contribution in [0.1, 0.15) is 30.2 Å². The molecular weight excluding hydrogens is 393 g/mol. The van der Waals surface area contributed by atoms with E-state index in [0.29, 0.717) is 17.9 Å². The van der Waals surface area contributed by atoms with Crippen LogP contribution in [0.15, 0.2) is 66.0 Å². The summed E-state index contributed by atoms with van der Waals surface area (Å²) in [6, 6.07) is 9.12. The molecule has 3 atom stereocenters. The number of allylic oxidation sites excluding steroid dienone is 4. The molecule has 0 radical (unpaired) electrons. The maximum absolute atomic E-state index is 14.4. The Morgan fingerprint density at radius 3 is 2.65 bits per heavy atom. The van der Waals surface area contributed by atoms with Gasteiger partial charge in [0.1, 0.15) is 23.9 Å². The highest BCUT2D eigenvalue weighted by Gasteiger charge is 2.60. The molecule has 3 unspecified atom stereocenters. The van der Waals surface area contributed by atoms with Crippen molar-refractivity contribution in [3.05, 3.63) is 88.6 Å². The average molecular weight is 419 g/mol. The van der Waals surface area contributed by atoms with Gasteiger partial charge in [-0.05, 0) is 73.6 Å². The van der Waals surface area contributed by atoms with Crippen molar-refractivity contribution >= 4 is 5.97 Å². The van der Waals surface area contributed by atoms with Crippen LogP contribution in [0, 0.1) is 37.4 Å². The van der Waals surface area contributed by atoms with Crippen LogP contribution < -0.4 is 0 Å². The first-order valence-corrected chi connectivity index (χ1v) is 10.5. The molecule has 5 heteroatoms. The summed E-state index contributed by atoms with van der Waals surface area (Å²) in [6.07, 6.45) is 4.52. The summed E-state index contributed by atoms with van der Waals surface area (Å²) >= 11 is 0. The number of aliphatic carboxylic acids is 1. The molecule has 1 aromatic heterocycles. The Morgan fingerprint density at radius 1 is 1.29 bits per heavy atom. The van der Waals surface area contributed by atoms with Gasteiger partial charge in [-0.25, -0.2) is 9.37 Å². The Morgan fingerprint density at radius 2 is 2.00 bits per heavy atom. The van der Waals surface area contributed by atoms with E-state index in [1.807, 2.05) is 51.1 Å². The molecule has 1 heterocycles. The van der Waals surface area contributed by atoms with Gasteiger partial charge in [0.25, 0.3) is 0 Å². The molecule has 2 fully saturated rings. The van der Waals surface area contributed by atoms with E-state index in [-0.39, 0.29) is 30.1 Å². The first-order valence-electron chi connectivity index (χ1n) is 10.5. The lowest BCUT2D eigenvalue weighted by Crippen LogP contribution is -2.06. The van der Waals surface area contributed by atoms with Crippen molar-refractivity contribution < 1.29 is 19.0 Å². The highest BCUT2D eigenvalue weighted by atomic mass is 19.1. The van der Waals surface area contributed by atoms with Crippen LogP contribution in [0.3, 0.4) is 0 Å². The van der Waals surface area contributed by atoms with Gasteiger partial charge in [0.2, 0.25) is 0 Å². The summed E-state index contributed by atoms with van der Waals surface area (Å²) in [6.45, 7) is 9.86. The van der Waals surface area contributed by atoms with E-state index in [4.69, 9.17) is 4.74 Å². The maximum atomic E-state index is 14.4. The second-order valence-electron chi connectivity index (χ2n) is 8.32. The summed E-state index contributed by atoms with van der Waals surface area (Å²) in [5.74, 6) is -0.750. The van der Waals surface area contributed by atoms with Gasteiger partial charge in [0.15, 0.2) is 0 Å². The van der Waals surface area contributed by atoms with Crippen LogP contribution in [0.4, 0.5) is 4.39 Å². The first-order chi connectivity index (χ1) is 14.8. The van der Waals surface area contributed by atoms with Gasteiger partial charge in [-0.2, -0.15) is 0 Å². The zero-order valence-corrected chi connectivity index (χ0v) is 18.0. The van der Waals surface area contributed by atoms with Gasteiger partial charge >= 0.3 is 5.97 Å². The average Bonchev–Trinajstić information content (AvgIpc) is 3.31. The third-order valence-corrected chi connectivity index (χ3v) is 6.34. The minimum Gasteiger partial charge on any atom is -0.488 e. The molecule has 0 saturated heterocycles. The van der Waals surface area contributed by atoms with Crippen molar-refractivity contribution in [1.82, 2.24) is 4.98 Å². The molecule has 0 spiro atoms. The lowest BCUT2D eigenvalue weighted by atomic mass is 9.99. The van der Waals surface area contributed by atoms with Crippen molar-refractivity contribution in [2.45, 2.75) is 33.8 Å². The Bertz CT molecular complexity index is 1110. The monoisotopic (exact) mass is 419 g/mol. The Balaban J connectivity index is 1.47. The summed E-state index contributed by atoms with van der Waals surface area (Å²) in [5.41, 5.74) is 6.22. The van der Waals surface area contributed by atoms with Crippen LogP contribution in [0.2, 0.25) is 0 Å². The van der Waals surface area contributed by atoms with E-state index < -0.39 is 11.8 Å². The van der Waals surface area contributed by atoms with Crippen molar-refractivity contribution in [2.24, 2.45) is 17.8 Å². The number of fused-ring (bicyclic) bond motifs is 1. The fourth-order valence-corrected chi connectivity index (χ4v) is 4.83. The molecule has 4 nitrogen and oxygen atoms in total. The third-order valence-electron chi connectivity index (χ3n) is 6.34. The van der Waals surface area contributed by atoms with E-state index in [1.54, 1.807) is 6.07 Å². The van der Waals surface area contributed by atoms with Crippen LogP contribution >= 0.6 is 0 Å². The zero-order chi connectivity index (χ0) is 22.3. The summed E-state index contributed by atoms with van der Waals surface area (Å²) in [5, 5.41) is 9.28. The number of aromatic nitrogens is 1. The first kappa shape index (κ1) is 21.0. The van der Waals surface area contributed by atoms with Crippen LogP contribution in [0.5, 0.6) is 0 Å². The molecule has 31 heavy (non-hydrogen) atoms. The number of carboxylic acids is 1. The molecule has 1 aromatic carbocycles. The zero-order valence-electron chi connectivity index (χ0n) is 18.0. The van der Waals surface area contributed by atoms with Crippen molar-refractivity contribution in [3.8, 4) is 11.3 Å². The number of hydrogen-bond acceptors (Lipinski definition) is 3. The fourth-order valence-electron chi connectivity index (χ4n) is 4.83. The third kappa shape index (κ3) is 3.92. The largest absolute Gasteiger partial charge is 0.488 e. The van der Waals surface area contributed by atoms with Crippen LogP contribution in [-0.2, 0) is 16.1 Å². The molecule has 0 amide bonds. The number of carboxylic acid groups (broad SMARTS) is 1. The predicted molar refractivity (Wildman–Crippen MR) is 118 cm³/mol. The second-order valence-corrected chi connectivity index (χ2v) is 8.32. The van der Waals surface area contributed by atoms with E-state index in [0.717, 1.165) is 27.8 Å². The molecule has 2 aromatic rings. The number of halogens is 1. The predicted octanol–water partition coefficient (Wildman–Crippen LogP) is 5.76. The van der Waals surface area contributed by atoms with Crippen molar-refractivity contribution in [1.29, 1.82) is 0 Å². The van der Waals surface area contributed by atoms with E-state index >= 15 is 0 Å². The van der Waals surface area contributed by atoms with Crippen LogP contribution in [-0.4, -0.2) is 16.1 Å². The van der Waals surface area contributed by atoms with Gasteiger partial charge in [0.05, 0.1) is 11.6 Å². The van der Waals surface area contributed by atoms with E-state index in [9.17, 15) is 14.3 Å². The second kappa shape index (κ2) is 8.14. The number of nitrogens with zero attached hydrogens (tertiary/aromatic N) is 1. The topological polar surface area (TPSA) is 59.4 Å². The number of ether oxygens (including phenoxy) is 1. The number of hydrogen-bond donors (Lipinski definition) is 1. The number of aryl methyl sites for hydroxylation is 2. The fraction of sp³-hybridized carbons (Fsp3) is 0.308. The van der Waals surface area contributed by atoms with Gasteiger partial charge in [-0.3, -0.25) is 4.79 Å². The van der Waals surface area contributed by atoms with E-state index in [1.165, 1.54) is 6.07 Å². The minimum atomic E-state index is -0.728. The Labute approximate surface area is 181 Å². The highest BCUT2D eigenvalue weighted by Crippen LogP contribution is 2.62. The normalized spacial score (nSPS) is 24.3. The SMILES string of the molecule is C=C(/C=C1/CC2C(C(=O)O)C2/C1=C/C)OCc1nc(-c2c(C)cccc2C)ccc1F. The molecule has 0 aliphatic heterocycles. The molecule has 4 rings (SSSR count). The summed E-state index contributed by atoms with van der Waals surface area (Å²) in [4.78, 5) is 15.8. The van der Waals surface area contributed by atoms with Gasteiger partial charge in [-0.1, -0.05) is 30.9 Å². The Hall–Kier alpha value is -3.21. The number of rotatable bonds is 6. The lowest BCUT2D eigenvalue weighted by Gasteiger charge is -2.13. The highest BCUT2D eigenvalue weighted by molar-refractivity contribution is 5.77. The number of benzene rings is 1. The van der Waals surface area contributed by atoms with Gasteiger partial charge in [0, 0.05) is 11.5 Å². The van der Waals surface area contributed by atoms with E-state index in [2.05, 4.69) is 11.6 Å². The quantitative estimate of drug-likeness (QED) is 0.605. The molecule has 2 aliphatic rings. The summed E-state index contributed by atoms with van der Waals surface area (Å²) < 4.78 is 20.1. The van der Waals surface area contributed by atoms with Gasteiger partial charge in [-0.15, -0.1) is 0 Å². The summed E-state index contributed by atoms with van der Waals surface area (Å²) in [7, 11) is 0. The van der Waals surface area contributed by atoms with Crippen molar-refractivity contribution in [3.63, 3.8) is 0 Å². The number of carbonyl (C=O) groups is 1. The molecule has 2 saturated carbocycles. The molecular formula is C26H26FNO3. The van der Waals surface area contributed by atoms with Gasteiger partial charge < -0.3 is 9.84 Å². The molecule has 0 bridgehead atoms. The minimum absolute atomic E-state index is 0.0248. The van der Waals surface area contributed by atoms with Crippen LogP contribution in [0.25, 0.3) is 11.3 Å². The van der Waals surface area contributed by atoms with Crippen molar-refractivity contribution in [2.75, 3.05) is 0 Å². The Kier molecular flexibility index (Phi) is 5.52. The molecule has 2 aliphatic carbocycles. The maximum Gasteiger partial charge on any atom is 0.307 e. The standard InChI is InChI=1S/C26H26FNO3/c1-5-18-17(12-19-24(18)25(19)26(29)30)11-16(4)31-13-22-20(27)9-10-21(28-22)23-14(2)7-6-8-15(23)3/h5-11,19,24-25H,4,12-13H2,1-3H3,(H,29,30)/b17-11-,18-5+. The lowest BCUT2D eigenvalue weighted by molar-refractivity contribution is -0.139. The molecule has 1 N–H and O–H groups in total. The molecule has 160 valence electrons. The number of pyridine rings is 1.